The normalized spacial score (nSPS) is 11.2. The molecule has 0 spiro atoms. The van der Waals surface area contributed by atoms with Crippen molar-refractivity contribution in [3.8, 4) is 17.0 Å². The van der Waals surface area contributed by atoms with Crippen LogP contribution in [0.5, 0.6) is 5.75 Å². The van der Waals surface area contributed by atoms with E-state index < -0.39 is 0 Å². The molecule has 0 aliphatic rings. The monoisotopic (exact) mass is 381 g/mol. The van der Waals surface area contributed by atoms with Gasteiger partial charge >= 0.3 is 0 Å². The van der Waals surface area contributed by atoms with Gasteiger partial charge in [0.15, 0.2) is 10.3 Å². The zero-order valence-electron chi connectivity index (χ0n) is 14.8. The Morgan fingerprint density at radius 1 is 1.00 bits per heavy atom. The van der Waals surface area contributed by atoms with Crippen LogP contribution in [0.25, 0.3) is 21.5 Å². The molecule has 1 N–H and O–H groups in total. The van der Waals surface area contributed by atoms with Gasteiger partial charge in [-0.1, -0.05) is 49.4 Å². The Labute approximate surface area is 160 Å². The maximum Gasteiger partial charge on any atom is 0.190 e. The topological polar surface area (TPSA) is 47.0 Å². The number of hydrogen-bond acceptors (Lipinski definition) is 6. The van der Waals surface area contributed by atoms with Crippen LogP contribution >= 0.6 is 22.7 Å². The van der Waals surface area contributed by atoms with E-state index in [0.717, 1.165) is 37.5 Å². The van der Waals surface area contributed by atoms with Crippen LogP contribution in [0.1, 0.15) is 25.3 Å². The van der Waals surface area contributed by atoms with Gasteiger partial charge in [-0.2, -0.15) is 0 Å². The number of rotatable bonds is 5. The number of hydrogen-bond donors (Lipinski definition) is 1. The predicted molar refractivity (Wildman–Crippen MR) is 111 cm³/mol. The zero-order chi connectivity index (χ0) is 18.1. The fraction of sp³-hybridized carbons (Fsp3) is 0.200. The number of thiazole rings is 2. The van der Waals surface area contributed by atoms with Crippen LogP contribution in [0.4, 0.5) is 10.3 Å². The summed E-state index contributed by atoms with van der Waals surface area (Å²) in [6.45, 7) is 4.40. The lowest BCUT2D eigenvalue weighted by molar-refractivity contribution is 0.415. The fourth-order valence-corrected chi connectivity index (χ4v) is 4.31. The van der Waals surface area contributed by atoms with Crippen molar-refractivity contribution in [3.63, 3.8) is 0 Å². The van der Waals surface area contributed by atoms with Crippen molar-refractivity contribution in [2.24, 2.45) is 0 Å². The van der Waals surface area contributed by atoms with Crippen molar-refractivity contribution in [2.45, 2.75) is 19.8 Å². The molecule has 4 aromatic rings. The molecule has 2 aromatic heterocycles. The van der Waals surface area contributed by atoms with Gasteiger partial charge in [0, 0.05) is 17.0 Å². The minimum atomic E-state index is 0.536. The second-order valence-electron chi connectivity index (χ2n) is 6.29. The molecule has 26 heavy (non-hydrogen) atoms. The van der Waals surface area contributed by atoms with Gasteiger partial charge in [0.25, 0.3) is 0 Å². The van der Waals surface area contributed by atoms with Gasteiger partial charge in [0.05, 0.1) is 23.0 Å². The summed E-state index contributed by atoms with van der Waals surface area (Å²) in [7, 11) is 1.66. The van der Waals surface area contributed by atoms with Gasteiger partial charge in [-0.05, 0) is 23.6 Å². The first kappa shape index (κ1) is 17.0. The summed E-state index contributed by atoms with van der Waals surface area (Å²) in [5.41, 5.74) is 4.38. The molecule has 6 heteroatoms. The molecule has 2 aromatic carbocycles. The SMILES string of the molecule is COc1ccc2sc(Nc3nc(-c4ccc(C(C)C)cc4)cs3)nc2c1. The number of ether oxygens (including phenoxy) is 1. The third kappa shape index (κ3) is 3.43. The van der Waals surface area contributed by atoms with Crippen LogP contribution in [0.15, 0.2) is 47.8 Å². The molecule has 4 rings (SSSR count). The van der Waals surface area contributed by atoms with E-state index in [4.69, 9.17) is 9.72 Å². The lowest BCUT2D eigenvalue weighted by atomic mass is 10.0. The number of nitrogens with zero attached hydrogens (tertiary/aromatic N) is 2. The van der Waals surface area contributed by atoms with E-state index in [9.17, 15) is 0 Å². The summed E-state index contributed by atoms with van der Waals surface area (Å²) >= 11 is 3.20. The van der Waals surface area contributed by atoms with Gasteiger partial charge < -0.3 is 10.1 Å². The molecule has 132 valence electrons. The molecular formula is C20H19N3OS2. The van der Waals surface area contributed by atoms with E-state index in [-0.39, 0.29) is 0 Å². The first-order valence-corrected chi connectivity index (χ1v) is 10.1. The van der Waals surface area contributed by atoms with Crippen molar-refractivity contribution in [1.29, 1.82) is 0 Å². The summed E-state index contributed by atoms with van der Waals surface area (Å²) in [6.07, 6.45) is 0. The molecule has 0 fully saturated rings. The third-order valence-corrected chi connectivity index (χ3v) is 5.90. The Kier molecular flexibility index (Phi) is 4.61. The number of nitrogens with one attached hydrogen (secondary N) is 1. The van der Waals surface area contributed by atoms with Crippen molar-refractivity contribution in [3.05, 3.63) is 53.4 Å². The molecule has 2 heterocycles. The van der Waals surface area contributed by atoms with Gasteiger partial charge in [0.2, 0.25) is 0 Å². The highest BCUT2D eigenvalue weighted by Crippen LogP contribution is 2.33. The van der Waals surface area contributed by atoms with Crippen LogP contribution in [-0.4, -0.2) is 17.1 Å². The van der Waals surface area contributed by atoms with Crippen LogP contribution in [-0.2, 0) is 0 Å². The standard InChI is InChI=1S/C20H19N3OS2/c1-12(2)13-4-6-14(7-5-13)17-11-25-19(22-17)23-20-21-16-10-15(24-3)8-9-18(16)26-20/h4-12H,1-3H3,(H,21,22,23). The molecule has 0 aliphatic heterocycles. The maximum absolute atomic E-state index is 5.26. The minimum Gasteiger partial charge on any atom is -0.497 e. The Morgan fingerprint density at radius 3 is 2.54 bits per heavy atom. The number of benzene rings is 2. The predicted octanol–water partition coefficient (Wildman–Crippen LogP) is 6.30. The smallest absolute Gasteiger partial charge is 0.190 e. The molecule has 0 saturated carbocycles. The second-order valence-corrected chi connectivity index (χ2v) is 8.18. The molecule has 0 aliphatic carbocycles. The number of fused-ring (bicyclic) bond motifs is 1. The second kappa shape index (κ2) is 7.05. The molecule has 0 amide bonds. The van der Waals surface area contributed by atoms with Gasteiger partial charge in [-0.15, -0.1) is 11.3 Å². The summed E-state index contributed by atoms with van der Waals surface area (Å²) < 4.78 is 6.38. The van der Waals surface area contributed by atoms with E-state index in [1.54, 1.807) is 29.8 Å². The van der Waals surface area contributed by atoms with Crippen molar-refractivity contribution >= 4 is 43.2 Å². The first-order valence-electron chi connectivity index (χ1n) is 8.40. The van der Waals surface area contributed by atoms with E-state index >= 15 is 0 Å². The molecule has 0 bridgehead atoms. The summed E-state index contributed by atoms with van der Waals surface area (Å²) in [5.74, 6) is 1.35. The highest BCUT2D eigenvalue weighted by molar-refractivity contribution is 7.22. The van der Waals surface area contributed by atoms with Crippen LogP contribution in [0, 0.1) is 0 Å². The average molecular weight is 382 g/mol. The van der Waals surface area contributed by atoms with Crippen LogP contribution in [0.2, 0.25) is 0 Å². The van der Waals surface area contributed by atoms with E-state index in [2.05, 4.69) is 53.8 Å². The van der Waals surface area contributed by atoms with E-state index in [0.29, 0.717) is 5.92 Å². The van der Waals surface area contributed by atoms with Crippen molar-refractivity contribution < 1.29 is 4.74 Å². The Hall–Kier alpha value is -2.44. The van der Waals surface area contributed by atoms with Crippen molar-refractivity contribution in [2.75, 3.05) is 12.4 Å². The van der Waals surface area contributed by atoms with Gasteiger partial charge in [-0.3, -0.25) is 0 Å². The van der Waals surface area contributed by atoms with E-state index in [1.165, 1.54) is 5.56 Å². The molecule has 0 radical (unpaired) electrons. The Bertz CT molecular complexity index is 1030. The number of methoxy groups -OCH3 is 1. The maximum atomic E-state index is 5.26. The number of anilines is 2. The Balaban J connectivity index is 1.54. The Morgan fingerprint density at radius 2 is 1.81 bits per heavy atom. The zero-order valence-corrected chi connectivity index (χ0v) is 16.4. The lowest BCUT2D eigenvalue weighted by Crippen LogP contribution is -1.89. The summed E-state index contributed by atoms with van der Waals surface area (Å²) in [4.78, 5) is 9.33. The highest BCUT2D eigenvalue weighted by atomic mass is 32.1. The summed E-state index contributed by atoms with van der Waals surface area (Å²) in [6, 6.07) is 14.5. The highest BCUT2D eigenvalue weighted by Gasteiger charge is 2.09. The van der Waals surface area contributed by atoms with E-state index in [1.807, 2.05) is 18.2 Å². The van der Waals surface area contributed by atoms with Crippen molar-refractivity contribution in [1.82, 2.24) is 9.97 Å². The average Bonchev–Trinajstić information content (AvgIpc) is 3.27. The molecule has 4 nitrogen and oxygen atoms in total. The number of aromatic nitrogens is 2. The lowest BCUT2D eigenvalue weighted by Gasteiger charge is -2.05. The summed E-state index contributed by atoms with van der Waals surface area (Å²) in [5, 5.41) is 7.08. The third-order valence-electron chi connectivity index (χ3n) is 4.19. The van der Waals surface area contributed by atoms with Gasteiger partial charge in [0.1, 0.15) is 5.75 Å². The van der Waals surface area contributed by atoms with Gasteiger partial charge in [-0.25, -0.2) is 9.97 Å². The largest absolute Gasteiger partial charge is 0.497 e. The van der Waals surface area contributed by atoms with Crippen LogP contribution < -0.4 is 10.1 Å². The minimum absolute atomic E-state index is 0.536. The van der Waals surface area contributed by atoms with Crippen LogP contribution in [0.3, 0.4) is 0 Å². The quantitative estimate of drug-likeness (QED) is 0.441. The molecular weight excluding hydrogens is 362 g/mol. The fourth-order valence-electron chi connectivity index (χ4n) is 2.68. The molecule has 0 unspecified atom stereocenters. The molecule has 0 atom stereocenters. The molecule has 0 saturated heterocycles. The first-order chi connectivity index (χ1) is 12.6.